The summed E-state index contributed by atoms with van der Waals surface area (Å²) in [4.78, 5) is -0.0420. The maximum Gasteiger partial charge on any atom is 0.285 e. The van der Waals surface area contributed by atoms with Crippen molar-refractivity contribution in [2.75, 3.05) is 5.43 Å². The Morgan fingerprint density at radius 1 is 1.12 bits per heavy atom. The third kappa shape index (κ3) is 3.06. The van der Waals surface area contributed by atoms with Crippen molar-refractivity contribution in [3.63, 3.8) is 0 Å². The lowest BCUT2D eigenvalue weighted by Crippen LogP contribution is -2.34. The summed E-state index contributed by atoms with van der Waals surface area (Å²) in [6.07, 6.45) is 0. The van der Waals surface area contributed by atoms with Crippen molar-refractivity contribution >= 4 is 33.1 Å². The van der Waals surface area contributed by atoms with E-state index in [9.17, 15) is 12.8 Å². The molecule has 3 rings (SSSR count). The van der Waals surface area contributed by atoms with Gasteiger partial charge in [0.05, 0.1) is 10.6 Å². The van der Waals surface area contributed by atoms with Gasteiger partial charge in [-0.15, -0.1) is 9.52 Å². The Labute approximate surface area is 143 Å². The van der Waals surface area contributed by atoms with E-state index in [2.05, 4.69) is 15.6 Å². The van der Waals surface area contributed by atoms with Crippen molar-refractivity contribution in [2.45, 2.75) is 4.90 Å². The molecule has 1 heterocycles. The number of nitrogens with two attached hydrogens (primary N) is 1. The van der Waals surface area contributed by atoms with E-state index >= 15 is 0 Å². The zero-order valence-corrected chi connectivity index (χ0v) is 13.5. The summed E-state index contributed by atoms with van der Waals surface area (Å²) in [5.74, 6) is -1.36. The van der Waals surface area contributed by atoms with Gasteiger partial charge in [-0.05, 0) is 24.3 Å². The number of hydrazone groups is 2. The van der Waals surface area contributed by atoms with Crippen molar-refractivity contribution in [1.82, 2.24) is 4.41 Å². The van der Waals surface area contributed by atoms with Crippen LogP contribution in [0.25, 0.3) is 0 Å². The Balaban J connectivity index is 1.89. The molecule has 0 aromatic heterocycles. The van der Waals surface area contributed by atoms with E-state index in [4.69, 9.17) is 11.1 Å². The first-order valence-corrected chi connectivity index (χ1v) is 8.47. The summed E-state index contributed by atoms with van der Waals surface area (Å²) < 4.78 is 39.2. The van der Waals surface area contributed by atoms with Crippen LogP contribution in [-0.4, -0.2) is 30.2 Å². The standard InChI is InChI=1S/C15H13FN6O2S/c16-11-8-4-5-9-12(11)19-20-13-14(17)21-22(15(13)18)25(23,24)10-6-2-1-3-7-10/h1-9,18-19H,(H2,17,21)/b18-15?,20-13-. The highest BCUT2D eigenvalue weighted by molar-refractivity contribution is 7.89. The molecule has 0 atom stereocenters. The lowest BCUT2D eigenvalue weighted by atomic mass is 10.3. The summed E-state index contributed by atoms with van der Waals surface area (Å²) in [7, 11) is -4.09. The van der Waals surface area contributed by atoms with Gasteiger partial charge < -0.3 is 5.73 Å². The number of benzene rings is 2. The molecular formula is C15H13FN6O2S. The summed E-state index contributed by atoms with van der Waals surface area (Å²) in [6, 6.07) is 13.3. The summed E-state index contributed by atoms with van der Waals surface area (Å²) in [5, 5.41) is 15.5. The molecule has 0 saturated carbocycles. The molecule has 2 aromatic rings. The van der Waals surface area contributed by atoms with Crippen LogP contribution in [0, 0.1) is 11.2 Å². The number of amidine groups is 2. The van der Waals surface area contributed by atoms with Crippen LogP contribution in [0.5, 0.6) is 0 Å². The van der Waals surface area contributed by atoms with Crippen molar-refractivity contribution in [3.8, 4) is 0 Å². The van der Waals surface area contributed by atoms with E-state index in [-0.39, 0.29) is 22.1 Å². The third-order valence-electron chi connectivity index (χ3n) is 3.29. The van der Waals surface area contributed by atoms with Crippen molar-refractivity contribution in [1.29, 1.82) is 5.41 Å². The number of nitrogens with zero attached hydrogens (tertiary/aromatic N) is 3. The Morgan fingerprint density at radius 2 is 1.76 bits per heavy atom. The normalized spacial score (nSPS) is 16.2. The molecule has 128 valence electrons. The van der Waals surface area contributed by atoms with Crippen LogP contribution < -0.4 is 11.2 Å². The first-order valence-electron chi connectivity index (χ1n) is 7.03. The van der Waals surface area contributed by atoms with E-state index in [0.717, 1.165) is 0 Å². The number of nitrogens with one attached hydrogen (secondary N) is 2. The highest BCUT2D eigenvalue weighted by atomic mass is 32.2. The second kappa shape index (κ2) is 6.32. The minimum atomic E-state index is -4.09. The number of rotatable bonds is 4. The van der Waals surface area contributed by atoms with Crippen LogP contribution in [0.4, 0.5) is 10.1 Å². The fourth-order valence-electron chi connectivity index (χ4n) is 2.05. The Hall–Kier alpha value is -3.27. The summed E-state index contributed by atoms with van der Waals surface area (Å²) >= 11 is 0. The van der Waals surface area contributed by atoms with Gasteiger partial charge in [-0.2, -0.15) is 13.5 Å². The molecule has 4 N–H and O–H groups in total. The zero-order valence-electron chi connectivity index (χ0n) is 12.7. The molecule has 8 nitrogen and oxygen atoms in total. The highest BCUT2D eigenvalue weighted by Crippen LogP contribution is 2.20. The first kappa shape index (κ1) is 16.6. The van der Waals surface area contributed by atoms with E-state index < -0.39 is 21.7 Å². The fraction of sp³-hybridized carbons (Fsp3) is 0. The van der Waals surface area contributed by atoms with E-state index in [1.54, 1.807) is 24.3 Å². The number of para-hydroxylation sites is 1. The molecule has 25 heavy (non-hydrogen) atoms. The SMILES string of the molecule is N=C1/C(=N\Nc2ccccc2F)C(N)=NN1S(=O)(=O)c1ccccc1. The van der Waals surface area contributed by atoms with E-state index in [1.807, 2.05) is 0 Å². The van der Waals surface area contributed by atoms with Crippen LogP contribution in [0.2, 0.25) is 0 Å². The molecular weight excluding hydrogens is 347 g/mol. The molecule has 10 heteroatoms. The van der Waals surface area contributed by atoms with Gasteiger partial charge in [0.25, 0.3) is 10.0 Å². The van der Waals surface area contributed by atoms with Crippen LogP contribution in [0.3, 0.4) is 0 Å². The number of hydrogen-bond donors (Lipinski definition) is 3. The lowest BCUT2D eigenvalue weighted by Gasteiger charge is -2.13. The molecule has 0 saturated heterocycles. The molecule has 0 fully saturated rings. The third-order valence-corrected chi connectivity index (χ3v) is 4.87. The molecule has 1 aliphatic heterocycles. The number of anilines is 1. The van der Waals surface area contributed by atoms with Gasteiger partial charge >= 0.3 is 0 Å². The van der Waals surface area contributed by atoms with Crippen LogP contribution >= 0.6 is 0 Å². The summed E-state index contributed by atoms with van der Waals surface area (Å²) in [5.41, 5.74) is 7.94. The molecule has 0 aliphatic carbocycles. The van der Waals surface area contributed by atoms with Gasteiger partial charge in [0.1, 0.15) is 5.82 Å². The first-order chi connectivity index (χ1) is 11.9. The number of hydrogen-bond acceptors (Lipinski definition) is 7. The van der Waals surface area contributed by atoms with E-state index in [0.29, 0.717) is 4.41 Å². The largest absolute Gasteiger partial charge is 0.380 e. The highest BCUT2D eigenvalue weighted by Gasteiger charge is 2.36. The molecule has 0 spiro atoms. The smallest absolute Gasteiger partial charge is 0.285 e. The molecule has 0 bridgehead atoms. The monoisotopic (exact) mass is 360 g/mol. The lowest BCUT2D eigenvalue weighted by molar-refractivity contribution is 0.537. The van der Waals surface area contributed by atoms with E-state index in [1.165, 1.54) is 30.3 Å². The minimum absolute atomic E-state index is 0.0420. The van der Waals surface area contributed by atoms with Gasteiger partial charge in [0.2, 0.25) is 0 Å². The maximum atomic E-state index is 13.6. The van der Waals surface area contributed by atoms with Gasteiger partial charge in [-0.25, -0.2) is 4.39 Å². The van der Waals surface area contributed by atoms with Gasteiger partial charge in [-0.3, -0.25) is 10.8 Å². The average molecular weight is 360 g/mol. The van der Waals surface area contributed by atoms with Crippen LogP contribution in [0.1, 0.15) is 0 Å². The Kier molecular flexibility index (Phi) is 4.19. The quantitative estimate of drug-likeness (QED) is 0.716. The van der Waals surface area contributed by atoms with Crippen molar-refractivity contribution in [2.24, 2.45) is 15.9 Å². The molecule has 2 aromatic carbocycles. The molecule has 1 aliphatic rings. The minimum Gasteiger partial charge on any atom is -0.380 e. The van der Waals surface area contributed by atoms with Crippen molar-refractivity contribution < 1.29 is 12.8 Å². The Bertz CT molecular complexity index is 988. The Morgan fingerprint density at radius 3 is 2.44 bits per heavy atom. The van der Waals surface area contributed by atoms with Crippen LogP contribution in [-0.2, 0) is 10.0 Å². The average Bonchev–Trinajstić information content (AvgIpc) is 2.90. The molecule has 0 amide bonds. The zero-order chi connectivity index (χ0) is 18.0. The number of sulfonamides is 1. The topological polar surface area (TPSA) is 124 Å². The number of halogens is 1. The molecule has 0 unspecified atom stereocenters. The predicted molar refractivity (Wildman–Crippen MR) is 92.3 cm³/mol. The summed E-state index contributed by atoms with van der Waals surface area (Å²) in [6.45, 7) is 0. The van der Waals surface area contributed by atoms with Gasteiger partial charge in [0.15, 0.2) is 17.4 Å². The second-order valence-corrected chi connectivity index (χ2v) is 6.71. The molecule has 0 radical (unpaired) electrons. The predicted octanol–water partition coefficient (Wildman–Crippen LogP) is 1.55. The second-order valence-electron chi connectivity index (χ2n) is 4.95. The van der Waals surface area contributed by atoms with Gasteiger partial charge in [-0.1, -0.05) is 30.3 Å². The maximum absolute atomic E-state index is 13.6. The van der Waals surface area contributed by atoms with Gasteiger partial charge in [0, 0.05) is 0 Å². The van der Waals surface area contributed by atoms with Crippen LogP contribution in [0.15, 0.2) is 69.7 Å². The fourth-order valence-corrected chi connectivity index (χ4v) is 3.27. The van der Waals surface area contributed by atoms with Crippen molar-refractivity contribution in [3.05, 3.63) is 60.4 Å².